The molecule has 25 heavy (non-hydrogen) atoms. The number of ether oxygens (including phenoxy) is 2. The first-order valence-corrected chi connectivity index (χ1v) is 9.26. The molecule has 2 aromatic carbocycles. The first-order valence-electron chi connectivity index (χ1n) is 8.46. The Bertz CT molecular complexity index is 718. The minimum absolute atomic E-state index is 0.0163. The monoisotopic (exact) mass is 405 g/mol. The average molecular weight is 406 g/mol. The molecule has 0 saturated heterocycles. The zero-order valence-corrected chi connectivity index (χ0v) is 16.4. The summed E-state index contributed by atoms with van der Waals surface area (Å²) in [6, 6.07) is 13.4. The first kappa shape index (κ1) is 19.3. The number of benzene rings is 2. The molecule has 0 aliphatic rings. The fraction of sp³-hybridized carbons (Fsp3) is 0.350. The van der Waals surface area contributed by atoms with Crippen LogP contribution in [0.3, 0.4) is 0 Å². The van der Waals surface area contributed by atoms with Gasteiger partial charge < -0.3 is 14.8 Å². The van der Waals surface area contributed by atoms with E-state index in [1.165, 1.54) is 0 Å². The summed E-state index contributed by atoms with van der Waals surface area (Å²) in [6.45, 7) is 6.98. The number of hydrogen-bond donors (Lipinski definition) is 1. The van der Waals surface area contributed by atoms with Crippen molar-refractivity contribution in [2.75, 3.05) is 13.2 Å². The minimum Gasteiger partial charge on any atom is -0.490 e. The standard InChI is InChI=1S/C20H24BrNO3/c1-4-24-18-10-9-16(13-19(18)25-5-2)14(3)22-20(23)12-15-7-6-8-17(21)11-15/h6-11,13-14H,4-5,12H2,1-3H3,(H,22,23)/t14-/m1/s1. The SMILES string of the molecule is CCOc1ccc([C@@H](C)NC(=O)Cc2cccc(Br)c2)cc1OCC. The van der Waals surface area contributed by atoms with Crippen LogP contribution in [0.4, 0.5) is 0 Å². The molecule has 0 fully saturated rings. The van der Waals surface area contributed by atoms with Gasteiger partial charge in [-0.15, -0.1) is 0 Å². The van der Waals surface area contributed by atoms with Crippen molar-refractivity contribution in [2.45, 2.75) is 33.2 Å². The molecule has 134 valence electrons. The second-order valence-electron chi connectivity index (χ2n) is 5.67. The van der Waals surface area contributed by atoms with Crippen LogP contribution in [0, 0.1) is 0 Å². The van der Waals surface area contributed by atoms with Crippen LogP contribution in [0.1, 0.15) is 37.9 Å². The van der Waals surface area contributed by atoms with Crippen LogP contribution in [0.25, 0.3) is 0 Å². The van der Waals surface area contributed by atoms with Crippen molar-refractivity contribution in [3.05, 3.63) is 58.1 Å². The second-order valence-corrected chi connectivity index (χ2v) is 6.58. The Morgan fingerprint density at radius 1 is 1.08 bits per heavy atom. The average Bonchev–Trinajstić information content (AvgIpc) is 2.56. The number of rotatable bonds is 8. The van der Waals surface area contributed by atoms with E-state index >= 15 is 0 Å². The fourth-order valence-corrected chi connectivity index (χ4v) is 2.99. The van der Waals surface area contributed by atoms with Crippen LogP contribution in [-0.4, -0.2) is 19.1 Å². The van der Waals surface area contributed by atoms with E-state index in [9.17, 15) is 4.79 Å². The normalized spacial score (nSPS) is 11.7. The van der Waals surface area contributed by atoms with E-state index in [4.69, 9.17) is 9.47 Å². The van der Waals surface area contributed by atoms with Crippen LogP contribution in [-0.2, 0) is 11.2 Å². The Hall–Kier alpha value is -2.01. The third-order valence-electron chi connectivity index (χ3n) is 3.70. The molecule has 0 unspecified atom stereocenters. The molecule has 0 radical (unpaired) electrons. The van der Waals surface area contributed by atoms with Crippen molar-refractivity contribution >= 4 is 21.8 Å². The van der Waals surface area contributed by atoms with Crippen molar-refractivity contribution in [1.29, 1.82) is 0 Å². The van der Waals surface area contributed by atoms with Crippen LogP contribution in [0.5, 0.6) is 11.5 Å². The van der Waals surface area contributed by atoms with Gasteiger partial charge in [0.2, 0.25) is 5.91 Å². The molecule has 5 heteroatoms. The van der Waals surface area contributed by atoms with E-state index in [1.807, 2.05) is 63.2 Å². The van der Waals surface area contributed by atoms with Crippen LogP contribution in [0.15, 0.2) is 46.9 Å². The van der Waals surface area contributed by atoms with Gasteiger partial charge >= 0.3 is 0 Å². The molecule has 4 nitrogen and oxygen atoms in total. The summed E-state index contributed by atoms with van der Waals surface area (Å²) in [5.74, 6) is 1.41. The summed E-state index contributed by atoms with van der Waals surface area (Å²) in [4.78, 5) is 12.3. The minimum atomic E-state index is -0.116. The van der Waals surface area contributed by atoms with Crippen molar-refractivity contribution in [1.82, 2.24) is 5.32 Å². The predicted octanol–water partition coefficient (Wildman–Crippen LogP) is 4.67. The van der Waals surface area contributed by atoms with Gasteiger partial charge in [-0.2, -0.15) is 0 Å². The summed E-state index contributed by atoms with van der Waals surface area (Å²) >= 11 is 3.42. The lowest BCUT2D eigenvalue weighted by Crippen LogP contribution is -2.28. The lowest BCUT2D eigenvalue weighted by molar-refractivity contribution is -0.121. The highest BCUT2D eigenvalue weighted by molar-refractivity contribution is 9.10. The summed E-state index contributed by atoms with van der Waals surface area (Å²) in [6.07, 6.45) is 0.346. The molecule has 2 rings (SSSR count). The maximum absolute atomic E-state index is 12.3. The van der Waals surface area contributed by atoms with E-state index in [0.29, 0.717) is 25.4 Å². The number of hydrogen-bond acceptors (Lipinski definition) is 3. The molecule has 1 N–H and O–H groups in total. The Kier molecular flexibility index (Phi) is 7.31. The maximum atomic E-state index is 12.3. The smallest absolute Gasteiger partial charge is 0.224 e. The van der Waals surface area contributed by atoms with Crippen molar-refractivity contribution in [3.63, 3.8) is 0 Å². The first-order chi connectivity index (χ1) is 12.0. The molecule has 1 amide bonds. The molecular formula is C20H24BrNO3. The third kappa shape index (κ3) is 5.78. The largest absolute Gasteiger partial charge is 0.490 e. The van der Waals surface area contributed by atoms with E-state index in [0.717, 1.165) is 21.3 Å². The van der Waals surface area contributed by atoms with Gasteiger partial charge in [0.05, 0.1) is 25.7 Å². The molecule has 0 bridgehead atoms. The predicted molar refractivity (Wildman–Crippen MR) is 103 cm³/mol. The third-order valence-corrected chi connectivity index (χ3v) is 4.19. The summed E-state index contributed by atoms with van der Waals surface area (Å²) in [5, 5.41) is 3.03. The van der Waals surface area contributed by atoms with Gasteiger partial charge in [0.25, 0.3) is 0 Å². The Morgan fingerprint density at radius 3 is 2.48 bits per heavy atom. The summed E-state index contributed by atoms with van der Waals surface area (Å²) in [5.41, 5.74) is 1.95. The molecule has 0 spiro atoms. The van der Waals surface area contributed by atoms with Crippen molar-refractivity contribution in [2.24, 2.45) is 0 Å². The van der Waals surface area contributed by atoms with Gasteiger partial charge in [0.1, 0.15) is 0 Å². The number of carbonyl (C=O) groups excluding carboxylic acids is 1. The molecule has 0 aliphatic heterocycles. The van der Waals surface area contributed by atoms with Gasteiger partial charge in [0.15, 0.2) is 11.5 Å². The summed E-state index contributed by atoms with van der Waals surface area (Å²) in [7, 11) is 0. The molecule has 2 aromatic rings. The van der Waals surface area contributed by atoms with Gasteiger partial charge in [-0.1, -0.05) is 34.1 Å². The van der Waals surface area contributed by atoms with Gasteiger partial charge in [0, 0.05) is 4.47 Å². The highest BCUT2D eigenvalue weighted by Crippen LogP contribution is 2.30. The van der Waals surface area contributed by atoms with E-state index in [2.05, 4.69) is 21.2 Å². The number of nitrogens with one attached hydrogen (secondary N) is 1. The highest BCUT2D eigenvalue weighted by Gasteiger charge is 2.13. The molecule has 0 saturated carbocycles. The van der Waals surface area contributed by atoms with Crippen LogP contribution in [0.2, 0.25) is 0 Å². The zero-order valence-electron chi connectivity index (χ0n) is 14.8. The Morgan fingerprint density at radius 2 is 1.80 bits per heavy atom. The molecular weight excluding hydrogens is 382 g/mol. The second kappa shape index (κ2) is 9.47. The van der Waals surface area contributed by atoms with Gasteiger partial charge in [-0.25, -0.2) is 0 Å². The van der Waals surface area contributed by atoms with E-state index in [-0.39, 0.29) is 11.9 Å². The Labute approximate surface area is 157 Å². The molecule has 0 aromatic heterocycles. The maximum Gasteiger partial charge on any atom is 0.224 e. The number of amides is 1. The topological polar surface area (TPSA) is 47.6 Å². The fourth-order valence-electron chi connectivity index (χ4n) is 2.55. The van der Waals surface area contributed by atoms with Gasteiger partial charge in [-0.05, 0) is 56.2 Å². The van der Waals surface area contributed by atoms with Crippen molar-refractivity contribution < 1.29 is 14.3 Å². The molecule has 0 aliphatic carbocycles. The van der Waals surface area contributed by atoms with Gasteiger partial charge in [-0.3, -0.25) is 4.79 Å². The van der Waals surface area contributed by atoms with Crippen LogP contribution >= 0.6 is 15.9 Å². The van der Waals surface area contributed by atoms with Crippen molar-refractivity contribution in [3.8, 4) is 11.5 Å². The summed E-state index contributed by atoms with van der Waals surface area (Å²) < 4.78 is 12.2. The Balaban J connectivity index is 2.05. The quantitative estimate of drug-likeness (QED) is 0.693. The lowest BCUT2D eigenvalue weighted by Gasteiger charge is -2.17. The molecule has 0 heterocycles. The van der Waals surface area contributed by atoms with Crippen LogP contribution < -0.4 is 14.8 Å². The zero-order chi connectivity index (χ0) is 18.2. The highest BCUT2D eigenvalue weighted by atomic mass is 79.9. The van der Waals surface area contributed by atoms with E-state index < -0.39 is 0 Å². The number of carbonyl (C=O) groups is 1. The number of halogens is 1. The molecule has 1 atom stereocenters. The lowest BCUT2D eigenvalue weighted by atomic mass is 10.1. The van der Waals surface area contributed by atoms with E-state index in [1.54, 1.807) is 0 Å².